The second-order valence-corrected chi connectivity index (χ2v) is 9.90. The molecular formula is C20H24N2O4S2. The summed E-state index contributed by atoms with van der Waals surface area (Å²) in [4.78, 5) is 24.1. The Kier molecular flexibility index (Phi) is 6.85. The van der Waals surface area contributed by atoms with Gasteiger partial charge in [-0.2, -0.15) is 11.3 Å². The van der Waals surface area contributed by atoms with Crippen LogP contribution in [0.4, 0.5) is 5.69 Å². The predicted molar refractivity (Wildman–Crippen MR) is 110 cm³/mol. The van der Waals surface area contributed by atoms with Crippen LogP contribution in [0.25, 0.3) is 0 Å². The number of thiophene rings is 1. The largest absolute Gasteiger partial charge is 0.352 e. The van der Waals surface area contributed by atoms with E-state index in [0.717, 1.165) is 25.7 Å². The minimum atomic E-state index is -3.28. The first-order valence-electron chi connectivity index (χ1n) is 9.41. The fourth-order valence-corrected chi connectivity index (χ4v) is 5.78. The van der Waals surface area contributed by atoms with Gasteiger partial charge < -0.3 is 10.6 Å². The number of anilines is 1. The molecule has 2 amide bonds. The van der Waals surface area contributed by atoms with Crippen LogP contribution in [-0.2, 0) is 14.6 Å². The summed E-state index contributed by atoms with van der Waals surface area (Å²) in [5.41, 5.74) is 1.19. The highest BCUT2D eigenvalue weighted by Crippen LogP contribution is 2.30. The lowest BCUT2D eigenvalue weighted by Crippen LogP contribution is -2.25. The summed E-state index contributed by atoms with van der Waals surface area (Å²) in [6.07, 6.45) is 4.17. The average Bonchev–Trinajstić information content (AvgIpc) is 3.39. The number of hydrogen-bond donors (Lipinski definition) is 2. The van der Waals surface area contributed by atoms with E-state index in [-0.39, 0.29) is 23.5 Å². The summed E-state index contributed by atoms with van der Waals surface area (Å²) < 4.78 is 25.1. The van der Waals surface area contributed by atoms with Crippen LogP contribution < -0.4 is 10.6 Å². The molecule has 3 rings (SSSR count). The van der Waals surface area contributed by atoms with Crippen molar-refractivity contribution in [2.75, 3.05) is 11.9 Å². The van der Waals surface area contributed by atoms with E-state index in [1.165, 1.54) is 11.3 Å². The fraction of sp³-hybridized carbons (Fsp3) is 0.400. The highest BCUT2D eigenvalue weighted by Gasteiger charge is 2.30. The zero-order chi connectivity index (χ0) is 20.0. The molecular weight excluding hydrogens is 396 g/mol. The van der Waals surface area contributed by atoms with Crippen molar-refractivity contribution in [3.63, 3.8) is 0 Å². The van der Waals surface area contributed by atoms with Crippen LogP contribution in [0.15, 0.2) is 46.0 Å². The minimum Gasteiger partial charge on any atom is -0.352 e. The molecule has 2 N–H and O–H groups in total. The molecule has 1 saturated carbocycles. The zero-order valence-corrected chi connectivity index (χ0v) is 17.2. The first kappa shape index (κ1) is 20.5. The highest BCUT2D eigenvalue weighted by molar-refractivity contribution is 7.92. The van der Waals surface area contributed by atoms with Gasteiger partial charge in [0.2, 0.25) is 5.91 Å². The monoisotopic (exact) mass is 420 g/mol. The molecule has 1 heterocycles. The van der Waals surface area contributed by atoms with Gasteiger partial charge in [-0.1, -0.05) is 12.8 Å². The quantitative estimate of drug-likeness (QED) is 0.638. The van der Waals surface area contributed by atoms with E-state index in [0.29, 0.717) is 29.1 Å². The summed E-state index contributed by atoms with van der Waals surface area (Å²) in [7, 11) is -3.28. The molecule has 1 fully saturated rings. The number of carbonyl (C=O) groups excluding carboxylic acids is 2. The van der Waals surface area contributed by atoms with Gasteiger partial charge in [0.05, 0.1) is 10.1 Å². The topological polar surface area (TPSA) is 92.3 Å². The SMILES string of the molecule is O=C(CCCNC(=O)c1ccsc1)Nc1ccc(S(=O)(=O)C2CCCC2)cc1. The van der Waals surface area contributed by atoms with Crippen molar-refractivity contribution in [2.24, 2.45) is 0 Å². The Morgan fingerprint density at radius 1 is 1.07 bits per heavy atom. The Labute approximate surface area is 169 Å². The van der Waals surface area contributed by atoms with Gasteiger partial charge in [-0.15, -0.1) is 0 Å². The second-order valence-electron chi connectivity index (χ2n) is 6.90. The molecule has 8 heteroatoms. The summed E-state index contributed by atoms with van der Waals surface area (Å²) in [6.45, 7) is 0.417. The Morgan fingerprint density at radius 2 is 1.79 bits per heavy atom. The first-order chi connectivity index (χ1) is 13.5. The minimum absolute atomic E-state index is 0.138. The molecule has 1 aromatic heterocycles. The standard InChI is InChI=1S/C20H24N2O4S2/c23-19(6-3-12-21-20(24)15-11-13-27-14-15)22-16-7-9-18(10-8-16)28(25,26)17-4-1-2-5-17/h7-11,13-14,17H,1-6,12H2,(H,21,24)(H,22,23). The van der Waals surface area contributed by atoms with Crippen LogP contribution in [0.1, 0.15) is 48.9 Å². The Hall–Kier alpha value is -2.19. The maximum Gasteiger partial charge on any atom is 0.252 e. The summed E-state index contributed by atoms with van der Waals surface area (Å²) >= 11 is 1.46. The number of nitrogens with one attached hydrogen (secondary N) is 2. The van der Waals surface area contributed by atoms with Crippen LogP contribution >= 0.6 is 11.3 Å². The molecule has 1 aromatic carbocycles. The van der Waals surface area contributed by atoms with Crippen LogP contribution in [0.5, 0.6) is 0 Å². The van der Waals surface area contributed by atoms with Gasteiger partial charge in [0, 0.05) is 29.6 Å². The lowest BCUT2D eigenvalue weighted by molar-refractivity contribution is -0.116. The lowest BCUT2D eigenvalue weighted by Gasteiger charge is -2.12. The third-order valence-corrected chi connectivity index (χ3v) is 7.82. The van der Waals surface area contributed by atoms with E-state index in [9.17, 15) is 18.0 Å². The molecule has 2 aromatic rings. The molecule has 0 bridgehead atoms. The predicted octanol–water partition coefficient (Wildman–Crippen LogP) is 3.61. The number of benzene rings is 1. The lowest BCUT2D eigenvalue weighted by atomic mass is 10.2. The molecule has 28 heavy (non-hydrogen) atoms. The van der Waals surface area contributed by atoms with Crippen molar-refractivity contribution < 1.29 is 18.0 Å². The van der Waals surface area contributed by atoms with Crippen molar-refractivity contribution in [1.29, 1.82) is 0 Å². The number of carbonyl (C=O) groups is 2. The van der Waals surface area contributed by atoms with Crippen LogP contribution in [0, 0.1) is 0 Å². The van der Waals surface area contributed by atoms with Crippen LogP contribution in [0.2, 0.25) is 0 Å². The van der Waals surface area contributed by atoms with Gasteiger partial charge in [-0.05, 0) is 55.0 Å². The van der Waals surface area contributed by atoms with Gasteiger partial charge >= 0.3 is 0 Å². The molecule has 0 spiro atoms. The highest BCUT2D eigenvalue weighted by atomic mass is 32.2. The van der Waals surface area contributed by atoms with E-state index in [1.54, 1.807) is 35.7 Å². The van der Waals surface area contributed by atoms with Gasteiger partial charge in [0.15, 0.2) is 9.84 Å². The first-order valence-corrected chi connectivity index (χ1v) is 11.9. The molecule has 6 nitrogen and oxygen atoms in total. The van der Waals surface area contributed by atoms with Crippen LogP contribution in [0.3, 0.4) is 0 Å². The van der Waals surface area contributed by atoms with Gasteiger partial charge in [0.1, 0.15) is 0 Å². The van der Waals surface area contributed by atoms with Crippen molar-refractivity contribution in [3.8, 4) is 0 Å². The molecule has 150 valence electrons. The average molecular weight is 421 g/mol. The van der Waals surface area contributed by atoms with E-state index in [4.69, 9.17) is 0 Å². The van der Waals surface area contributed by atoms with Gasteiger partial charge in [-0.3, -0.25) is 9.59 Å². The molecule has 0 unspecified atom stereocenters. The fourth-order valence-electron chi connectivity index (χ4n) is 3.29. The third kappa shape index (κ3) is 5.20. The molecule has 1 aliphatic rings. The summed E-state index contributed by atoms with van der Waals surface area (Å²) in [5, 5.41) is 8.87. The van der Waals surface area contributed by atoms with E-state index in [1.807, 2.05) is 5.38 Å². The normalized spacial score (nSPS) is 14.7. The van der Waals surface area contributed by atoms with Crippen LogP contribution in [-0.4, -0.2) is 32.0 Å². The van der Waals surface area contributed by atoms with Crippen molar-refractivity contribution in [1.82, 2.24) is 5.32 Å². The maximum absolute atomic E-state index is 12.6. The van der Waals surface area contributed by atoms with Crippen molar-refractivity contribution in [2.45, 2.75) is 48.7 Å². The summed E-state index contributed by atoms with van der Waals surface area (Å²) in [5.74, 6) is -0.308. The Balaban J connectivity index is 1.43. The second kappa shape index (κ2) is 9.34. The number of rotatable bonds is 8. The van der Waals surface area contributed by atoms with E-state index >= 15 is 0 Å². The molecule has 0 atom stereocenters. The number of amides is 2. The molecule has 1 aliphatic carbocycles. The molecule has 0 radical (unpaired) electrons. The smallest absolute Gasteiger partial charge is 0.252 e. The van der Waals surface area contributed by atoms with E-state index in [2.05, 4.69) is 10.6 Å². The third-order valence-electron chi connectivity index (χ3n) is 4.86. The molecule has 0 aliphatic heterocycles. The van der Waals surface area contributed by atoms with Gasteiger partial charge in [-0.25, -0.2) is 8.42 Å². The maximum atomic E-state index is 12.6. The van der Waals surface area contributed by atoms with E-state index < -0.39 is 9.84 Å². The molecule has 0 saturated heterocycles. The Bertz CT molecular complexity index is 900. The Morgan fingerprint density at radius 3 is 2.43 bits per heavy atom. The number of hydrogen-bond acceptors (Lipinski definition) is 5. The van der Waals surface area contributed by atoms with Crippen molar-refractivity contribution in [3.05, 3.63) is 46.7 Å². The van der Waals surface area contributed by atoms with Gasteiger partial charge in [0.25, 0.3) is 5.91 Å². The van der Waals surface area contributed by atoms with Crippen molar-refractivity contribution >= 4 is 38.7 Å². The number of sulfone groups is 1. The zero-order valence-electron chi connectivity index (χ0n) is 15.5. The summed E-state index contributed by atoms with van der Waals surface area (Å²) in [6, 6.07) is 8.12.